The molecule has 0 aliphatic carbocycles. The predicted molar refractivity (Wildman–Crippen MR) is 69.2 cm³/mol. The molecule has 2 nitrogen and oxygen atoms in total. The van der Waals surface area contributed by atoms with Crippen LogP contribution in [0.15, 0.2) is 36.5 Å². The molecule has 1 aromatic heterocycles. The topological polar surface area (TPSA) is 17.0 Å². The Morgan fingerprint density at radius 1 is 1.26 bits per heavy atom. The first-order chi connectivity index (χ1) is 8.86. The van der Waals surface area contributed by atoms with Crippen LogP contribution in [-0.4, -0.2) is 4.57 Å². The highest BCUT2D eigenvalue weighted by Gasteiger charge is 2.31. The minimum absolute atomic E-state index is 0.0595. The van der Waals surface area contributed by atoms with Gasteiger partial charge in [0.1, 0.15) is 0 Å². The zero-order chi connectivity index (χ0) is 14.0. The van der Waals surface area contributed by atoms with E-state index in [2.05, 4.69) is 5.32 Å². The summed E-state index contributed by atoms with van der Waals surface area (Å²) in [5, 5.41) is 3.00. The van der Waals surface area contributed by atoms with Crippen LogP contribution in [-0.2, 0) is 19.8 Å². The Morgan fingerprint density at radius 3 is 2.58 bits per heavy atom. The van der Waals surface area contributed by atoms with Crippen molar-refractivity contribution >= 4 is 17.3 Å². The standard InChI is InChI=1S/C13H12ClF3N2/c1-19-4-2-3-12(19)8-18-11-6-9(13(15,16)17)5-10(14)7-11/h2-7,18H,8H2,1H3. The van der Waals surface area contributed by atoms with Crippen LogP contribution in [0.5, 0.6) is 0 Å². The number of hydrogen-bond acceptors (Lipinski definition) is 1. The number of aromatic nitrogens is 1. The van der Waals surface area contributed by atoms with E-state index >= 15 is 0 Å². The summed E-state index contributed by atoms with van der Waals surface area (Å²) in [6.45, 7) is 0.432. The number of nitrogens with one attached hydrogen (secondary N) is 1. The quantitative estimate of drug-likeness (QED) is 0.890. The molecule has 0 bridgehead atoms. The lowest BCUT2D eigenvalue weighted by Gasteiger charge is -2.12. The number of rotatable bonds is 3. The Balaban J connectivity index is 2.17. The van der Waals surface area contributed by atoms with Crippen molar-refractivity contribution in [2.24, 2.45) is 7.05 Å². The Hall–Kier alpha value is -1.62. The number of halogens is 4. The van der Waals surface area contributed by atoms with E-state index < -0.39 is 11.7 Å². The molecule has 1 aromatic carbocycles. The van der Waals surface area contributed by atoms with Crippen LogP contribution in [0.2, 0.25) is 5.02 Å². The summed E-state index contributed by atoms with van der Waals surface area (Å²) in [7, 11) is 1.87. The zero-order valence-electron chi connectivity index (χ0n) is 10.1. The van der Waals surface area contributed by atoms with Crippen LogP contribution in [0.4, 0.5) is 18.9 Å². The van der Waals surface area contributed by atoms with Crippen molar-refractivity contribution in [1.29, 1.82) is 0 Å². The smallest absolute Gasteiger partial charge is 0.379 e. The molecule has 0 aliphatic rings. The summed E-state index contributed by atoms with van der Waals surface area (Å²) < 4.78 is 39.8. The molecule has 0 radical (unpaired) electrons. The predicted octanol–water partition coefficient (Wildman–Crippen LogP) is 4.31. The van der Waals surface area contributed by atoms with Gasteiger partial charge in [-0.3, -0.25) is 0 Å². The van der Waals surface area contributed by atoms with Crippen molar-refractivity contribution in [2.45, 2.75) is 12.7 Å². The van der Waals surface area contributed by atoms with E-state index in [0.717, 1.165) is 17.8 Å². The molecule has 0 saturated carbocycles. The summed E-state index contributed by atoms with van der Waals surface area (Å²) in [4.78, 5) is 0. The van der Waals surface area contributed by atoms with Crippen LogP contribution < -0.4 is 5.32 Å². The molecule has 0 saturated heterocycles. The van der Waals surface area contributed by atoms with Gasteiger partial charge in [0.2, 0.25) is 0 Å². The fourth-order valence-electron chi connectivity index (χ4n) is 1.73. The fraction of sp³-hybridized carbons (Fsp3) is 0.231. The summed E-state index contributed by atoms with van der Waals surface area (Å²) in [5.74, 6) is 0. The normalized spacial score (nSPS) is 11.6. The molecule has 2 rings (SSSR count). The van der Waals surface area contributed by atoms with Gasteiger partial charge in [-0.1, -0.05) is 11.6 Å². The number of benzene rings is 1. The number of anilines is 1. The van der Waals surface area contributed by atoms with Gasteiger partial charge in [-0.2, -0.15) is 13.2 Å². The van der Waals surface area contributed by atoms with Crippen LogP contribution in [0.25, 0.3) is 0 Å². The average molecular weight is 289 g/mol. The van der Waals surface area contributed by atoms with Crippen molar-refractivity contribution < 1.29 is 13.2 Å². The maximum absolute atomic E-state index is 12.6. The van der Waals surface area contributed by atoms with Crippen molar-refractivity contribution in [3.63, 3.8) is 0 Å². The molecule has 0 aliphatic heterocycles. The van der Waals surface area contributed by atoms with E-state index in [1.807, 2.05) is 29.9 Å². The number of hydrogen-bond donors (Lipinski definition) is 1. The van der Waals surface area contributed by atoms with Crippen molar-refractivity contribution in [1.82, 2.24) is 4.57 Å². The van der Waals surface area contributed by atoms with Crippen LogP contribution in [0.3, 0.4) is 0 Å². The minimum Gasteiger partial charge on any atom is -0.379 e. The Labute approximate surface area is 113 Å². The van der Waals surface area contributed by atoms with Gasteiger partial charge in [-0.05, 0) is 30.3 Å². The second-order valence-corrected chi connectivity index (χ2v) is 4.63. The lowest BCUT2D eigenvalue weighted by molar-refractivity contribution is -0.137. The van der Waals surface area contributed by atoms with E-state index in [1.54, 1.807) is 0 Å². The number of alkyl halides is 3. The summed E-state index contributed by atoms with van der Waals surface area (Å²) in [5.41, 5.74) is 0.559. The molecule has 0 spiro atoms. The average Bonchev–Trinajstić information content (AvgIpc) is 2.70. The summed E-state index contributed by atoms with van der Waals surface area (Å²) in [6, 6.07) is 7.20. The van der Waals surface area contributed by atoms with Gasteiger partial charge in [-0.15, -0.1) is 0 Å². The number of nitrogens with zero attached hydrogens (tertiary/aromatic N) is 1. The first kappa shape index (κ1) is 13.8. The van der Waals surface area contributed by atoms with Gasteiger partial charge in [-0.25, -0.2) is 0 Å². The van der Waals surface area contributed by atoms with E-state index in [0.29, 0.717) is 12.2 Å². The Bertz CT molecular complexity index is 576. The van der Waals surface area contributed by atoms with Gasteiger partial charge < -0.3 is 9.88 Å². The molecule has 0 atom stereocenters. The van der Waals surface area contributed by atoms with Crippen molar-refractivity contribution in [3.05, 3.63) is 52.8 Å². The van der Waals surface area contributed by atoms with Gasteiger partial charge in [0.05, 0.1) is 12.1 Å². The highest BCUT2D eigenvalue weighted by molar-refractivity contribution is 6.30. The molecule has 1 heterocycles. The highest BCUT2D eigenvalue weighted by atomic mass is 35.5. The molecule has 0 fully saturated rings. The van der Waals surface area contributed by atoms with E-state index in [-0.39, 0.29) is 5.02 Å². The molecule has 19 heavy (non-hydrogen) atoms. The third kappa shape index (κ3) is 3.44. The molecular weight excluding hydrogens is 277 g/mol. The van der Waals surface area contributed by atoms with Crippen molar-refractivity contribution in [2.75, 3.05) is 5.32 Å². The van der Waals surface area contributed by atoms with Gasteiger partial charge >= 0.3 is 6.18 Å². The number of aryl methyl sites for hydroxylation is 1. The molecule has 6 heteroatoms. The van der Waals surface area contributed by atoms with E-state index in [9.17, 15) is 13.2 Å². The first-order valence-electron chi connectivity index (χ1n) is 5.58. The summed E-state index contributed by atoms with van der Waals surface area (Å²) >= 11 is 5.70. The van der Waals surface area contributed by atoms with Gasteiger partial charge in [0, 0.05) is 29.6 Å². The molecule has 1 N–H and O–H groups in total. The third-order valence-electron chi connectivity index (χ3n) is 2.75. The maximum Gasteiger partial charge on any atom is 0.416 e. The molecular formula is C13H12ClF3N2. The molecule has 102 valence electrons. The van der Waals surface area contributed by atoms with Crippen LogP contribution >= 0.6 is 11.6 Å². The van der Waals surface area contributed by atoms with E-state index in [4.69, 9.17) is 11.6 Å². The van der Waals surface area contributed by atoms with Crippen LogP contribution in [0.1, 0.15) is 11.3 Å². The summed E-state index contributed by atoms with van der Waals surface area (Å²) in [6.07, 6.45) is -2.53. The second-order valence-electron chi connectivity index (χ2n) is 4.19. The fourth-order valence-corrected chi connectivity index (χ4v) is 1.96. The van der Waals surface area contributed by atoms with Gasteiger partial charge in [0.25, 0.3) is 0 Å². The lowest BCUT2D eigenvalue weighted by Crippen LogP contribution is -2.08. The molecule has 2 aromatic rings. The Morgan fingerprint density at radius 2 is 2.00 bits per heavy atom. The SMILES string of the molecule is Cn1cccc1CNc1cc(Cl)cc(C(F)(F)F)c1. The molecule has 0 amide bonds. The Kier molecular flexibility index (Phi) is 3.75. The second kappa shape index (κ2) is 5.17. The first-order valence-corrected chi connectivity index (χ1v) is 5.96. The van der Waals surface area contributed by atoms with Crippen molar-refractivity contribution in [3.8, 4) is 0 Å². The van der Waals surface area contributed by atoms with Gasteiger partial charge in [0.15, 0.2) is 0 Å². The lowest BCUT2D eigenvalue weighted by atomic mass is 10.2. The maximum atomic E-state index is 12.6. The third-order valence-corrected chi connectivity index (χ3v) is 2.97. The van der Waals surface area contributed by atoms with E-state index in [1.165, 1.54) is 6.07 Å². The minimum atomic E-state index is -4.40. The largest absolute Gasteiger partial charge is 0.416 e. The zero-order valence-corrected chi connectivity index (χ0v) is 10.9. The van der Waals surface area contributed by atoms with Crippen LogP contribution in [0, 0.1) is 0 Å². The highest BCUT2D eigenvalue weighted by Crippen LogP contribution is 2.33. The monoisotopic (exact) mass is 288 g/mol. The molecule has 0 unspecified atom stereocenters.